The van der Waals surface area contributed by atoms with E-state index in [9.17, 15) is 4.79 Å². The molecule has 0 radical (unpaired) electrons. The summed E-state index contributed by atoms with van der Waals surface area (Å²) in [5, 5.41) is 3.21. The zero-order chi connectivity index (χ0) is 13.3. The van der Waals surface area contributed by atoms with Crippen molar-refractivity contribution in [3.05, 3.63) is 34.3 Å². The molecule has 0 amide bonds. The zero-order valence-corrected chi connectivity index (χ0v) is 11.4. The number of benzene rings is 1. The lowest BCUT2D eigenvalue weighted by molar-refractivity contribution is 0.350. The molecule has 0 saturated carbocycles. The van der Waals surface area contributed by atoms with Gasteiger partial charge >= 0.3 is 5.76 Å². The van der Waals surface area contributed by atoms with Gasteiger partial charge in [-0.2, -0.15) is 0 Å². The van der Waals surface area contributed by atoms with Gasteiger partial charge in [0.05, 0.1) is 5.52 Å². The second kappa shape index (κ2) is 4.61. The number of hydrogen-bond donors (Lipinski definition) is 1. The van der Waals surface area contributed by atoms with Crippen LogP contribution in [-0.4, -0.2) is 18.2 Å². The predicted molar refractivity (Wildman–Crippen MR) is 72.9 cm³/mol. The minimum Gasteiger partial charge on any atom is -0.408 e. The molecule has 4 heteroatoms. The number of aromatic nitrogens is 1. The van der Waals surface area contributed by atoms with Crippen LogP contribution in [0.4, 0.5) is 0 Å². The zero-order valence-electron chi connectivity index (χ0n) is 11.4. The second-order valence-electron chi connectivity index (χ2n) is 5.60. The number of rotatable bonds is 4. The van der Waals surface area contributed by atoms with Crippen LogP contribution in [0, 0.1) is 5.41 Å². The molecular weight excluding hydrogens is 228 g/mol. The Morgan fingerprint density at radius 2 is 2.11 bits per heavy atom. The SMILES string of the molecule is CNCC(C)(C)Cc1ccc2oc(=O)n(C)c2c1. The summed E-state index contributed by atoms with van der Waals surface area (Å²) in [6, 6.07) is 5.95. The minimum atomic E-state index is -0.309. The molecule has 4 nitrogen and oxygen atoms in total. The highest BCUT2D eigenvalue weighted by atomic mass is 16.4. The minimum absolute atomic E-state index is 0.186. The molecule has 98 valence electrons. The number of nitrogens with zero attached hydrogens (tertiary/aromatic N) is 1. The summed E-state index contributed by atoms with van der Waals surface area (Å²) in [5.41, 5.74) is 2.92. The van der Waals surface area contributed by atoms with Crippen molar-refractivity contribution in [3.8, 4) is 0 Å². The predicted octanol–water partition coefficient (Wildman–Crippen LogP) is 1.92. The monoisotopic (exact) mass is 248 g/mol. The molecule has 18 heavy (non-hydrogen) atoms. The normalized spacial score (nSPS) is 12.2. The fourth-order valence-corrected chi connectivity index (χ4v) is 2.38. The average molecular weight is 248 g/mol. The molecule has 1 heterocycles. The van der Waals surface area contributed by atoms with Crippen LogP contribution in [0.2, 0.25) is 0 Å². The Kier molecular flexibility index (Phi) is 3.30. The van der Waals surface area contributed by atoms with Crippen molar-refractivity contribution in [3.63, 3.8) is 0 Å². The van der Waals surface area contributed by atoms with Crippen LogP contribution in [-0.2, 0) is 13.5 Å². The van der Waals surface area contributed by atoms with E-state index in [4.69, 9.17) is 4.42 Å². The Morgan fingerprint density at radius 3 is 2.78 bits per heavy atom. The Bertz CT molecular complexity index is 608. The summed E-state index contributed by atoms with van der Waals surface area (Å²) in [6.07, 6.45) is 0.961. The molecule has 2 rings (SSSR count). The first kappa shape index (κ1) is 12.9. The van der Waals surface area contributed by atoms with E-state index in [1.54, 1.807) is 11.6 Å². The van der Waals surface area contributed by atoms with E-state index in [1.807, 2.05) is 25.2 Å². The first-order valence-electron chi connectivity index (χ1n) is 6.16. The third-order valence-corrected chi connectivity index (χ3v) is 3.19. The highest BCUT2D eigenvalue weighted by Crippen LogP contribution is 2.23. The summed E-state index contributed by atoms with van der Waals surface area (Å²) in [5.74, 6) is -0.309. The number of nitrogens with one attached hydrogen (secondary N) is 1. The van der Waals surface area contributed by atoms with E-state index in [1.165, 1.54) is 5.56 Å². The Hall–Kier alpha value is -1.55. The maximum absolute atomic E-state index is 11.4. The van der Waals surface area contributed by atoms with Gasteiger partial charge < -0.3 is 9.73 Å². The van der Waals surface area contributed by atoms with Crippen molar-refractivity contribution in [2.45, 2.75) is 20.3 Å². The third kappa shape index (κ3) is 2.48. The molecule has 0 aliphatic carbocycles. The fraction of sp³-hybridized carbons (Fsp3) is 0.500. The van der Waals surface area contributed by atoms with Gasteiger partial charge in [-0.05, 0) is 36.6 Å². The first-order chi connectivity index (χ1) is 8.43. The lowest BCUT2D eigenvalue weighted by Crippen LogP contribution is -2.28. The van der Waals surface area contributed by atoms with Crippen molar-refractivity contribution < 1.29 is 4.42 Å². The molecule has 0 aliphatic rings. The molecular formula is C14H20N2O2. The summed E-state index contributed by atoms with van der Waals surface area (Å²) >= 11 is 0. The van der Waals surface area contributed by atoms with Gasteiger partial charge in [0.25, 0.3) is 0 Å². The highest BCUT2D eigenvalue weighted by molar-refractivity contribution is 5.73. The topological polar surface area (TPSA) is 47.2 Å². The maximum Gasteiger partial charge on any atom is 0.419 e. The van der Waals surface area contributed by atoms with Crippen molar-refractivity contribution in [1.82, 2.24) is 9.88 Å². The van der Waals surface area contributed by atoms with Gasteiger partial charge in [-0.3, -0.25) is 4.57 Å². The van der Waals surface area contributed by atoms with E-state index in [0.29, 0.717) is 5.58 Å². The number of oxazole rings is 1. The molecule has 0 fully saturated rings. The molecule has 0 unspecified atom stereocenters. The molecule has 1 aromatic carbocycles. The lowest BCUT2D eigenvalue weighted by atomic mass is 9.85. The van der Waals surface area contributed by atoms with Crippen molar-refractivity contribution in [1.29, 1.82) is 0 Å². The summed E-state index contributed by atoms with van der Waals surface area (Å²) in [4.78, 5) is 11.4. The van der Waals surface area contributed by atoms with Gasteiger partial charge in [-0.1, -0.05) is 19.9 Å². The van der Waals surface area contributed by atoms with E-state index < -0.39 is 0 Å². The number of fused-ring (bicyclic) bond motifs is 1. The second-order valence-corrected chi connectivity index (χ2v) is 5.60. The molecule has 1 N–H and O–H groups in total. The molecule has 0 aliphatic heterocycles. The van der Waals surface area contributed by atoms with E-state index in [2.05, 4.69) is 19.2 Å². The van der Waals surface area contributed by atoms with Crippen LogP contribution in [0.15, 0.2) is 27.4 Å². The average Bonchev–Trinajstić information content (AvgIpc) is 2.55. The van der Waals surface area contributed by atoms with Gasteiger partial charge in [0.15, 0.2) is 5.58 Å². The molecule has 0 saturated heterocycles. The number of aryl methyl sites for hydroxylation is 1. The van der Waals surface area contributed by atoms with E-state index in [0.717, 1.165) is 18.5 Å². The molecule has 0 bridgehead atoms. The third-order valence-electron chi connectivity index (χ3n) is 3.19. The van der Waals surface area contributed by atoms with Crippen LogP contribution < -0.4 is 11.1 Å². The number of hydrogen-bond acceptors (Lipinski definition) is 3. The molecule has 0 spiro atoms. The lowest BCUT2D eigenvalue weighted by Gasteiger charge is -2.24. The smallest absolute Gasteiger partial charge is 0.408 e. The molecule has 1 aromatic heterocycles. The van der Waals surface area contributed by atoms with Crippen LogP contribution >= 0.6 is 0 Å². The Balaban J connectivity index is 2.35. The highest BCUT2D eigenvalue weighted by Gasteiger charge is 2.18. The first-order valence-corrected chi connectivity index (χ1v) is 6.16. The van der Waals surface area contributed by atoms with E-state index >= 15 is 0 Å². The van der Waals surface area contributed by atoms with Crippen LogP contribution in [0.1, 0.15) is 19.4 Å². The molecule has 2 aromatic rings. The van der Waals surface area contributed by atoms with Gasteiger partial charge in [-0.15, -0.1) is 0 Å². The fourth-order valence-electron chi connectivity index (χ4n) is 2.38. The van der Waals surface area contributed by atoms with Gasteiger partial charge in [0.1, 0.15) is 0 Å². The quantitative estimate of drug-likeness (QED) is 0.899. The van der Waals surface area contributed by atoms with Crippen LogP contribution in [0.3, 0.4) is 0 Å². The summed E-state index contributed by atoms with van der Waals surface area (Å²) in [7, 11) is 3.70. The molecule has 0 atom stereocenters. The Morgan fingerprint density at radius 1 is 1.39 bits per heavy atom. The van der Waals surface area contributed by atoms with E-state index in [-0.39, 0.29) is 11.2 Å². The van der Waals surface area contributed by atoms with Crippen LogP contribution in [0.5, 0.6) is 0 Å². The van der Waals surface area contributed by atoms with Crippen molar-refractivity contribution >= 4 is 11.1 Å². The van der Waals surface area contributed by atoms with Gasteiger partial charge in [0.2, 0.25) is 0 Å². The Labute approximate surface area is 107 Å². The van der Waals surface area contributed by atoms with Crippen LogP contribution in [0.25, 0.3) is 11.1 Å². The summed E-state index contributed by atoms with van der Waals surface area (Å²) in [6.45, 7) is 5.40. The van der Waals surface area contributed by atoms with Gasteiger partial charge in [-0.25, -0.2) is 4.79 Å². The van der Waals surface area contributed by atoms with Crippen molar-refractivity contribution in [2.24, 2.45) is 12.5 Å². The maximum atomic E-state index is 11.4. The standard InChI is InChI=1S/C14H20N2O2/c1-14(2,9-15-3)8-10-5-6-12-11(7-10)16(4)13(17)18-12/h5-7,15H,8-9H2,1-4H3. The largest absolute Gasteiger partial charge is 0.419 e. The summed E-state index contributed by atoms with van der Waals surface area (Å²) < 4.78 is 6.67. The van der Waals surface area contributed by atoms with Crippen molar-refractivity contribution in [2.75, 3.05) is 13.6 Å². The van der Waals surface area contributed by atoms with Gasteiger partial charge in [0, 0.05) is 13.6 Å².